The lowest BCUT2D eigenvalue weighted by atomic mass is 10.2. The summed E-state index contributed by atoms with van der Waals surface area (Å²) in [5, 5.41) is 2.68. The van der Waals surface area contributed by atoms with Crippen LogP contribution < -0.4 is 10.2 Å². The molecule has 0 aliphatic heterocycles. The number of aromatic nitrogens is 2. The summed E-state index contributed by atoms with van der Waals surface area (Å²) in [5.74, 6) is -0.544. The number of likely N-dealkylation sites (N-methyl/N-ethyl adjacent to an activating group) is 1. The Hall–Kier alpha value is -2.48. The topological polar surface area (TPSA) is 84.4 Å². The maximum Gasteiger partial charge on any atom is 0.326 e. The first-order valence-corrected chi connectivity index (χ1v) is 7.95. The van der Waals surface area contributed by atoms with Crippen LogP contribution in [-0.2, 0) is 14.3 Å². The molecule has 0 saturated carbocycles. The Morgan fingerprint density at radius 1 is 1.29 bits per heavy atom. The van der Waals surface area contributed by atoms with Gasteiger partial charge in [-0.2, -0.15) is 0 Å². The molecular formula is C16H17BrN4O3. The molecule has 24 heavy (non-hydrogen) atoms. The van der Waals surface area contributed by atoms with Crippen molar-refractivity contribution in [1.82, 2.24) is 9.97 Å². The quantitative estimate of drug-likeness (QED) is 0.758. The van der Waals surface area contributed by atoms with E-state index in [1.165, 1.54) is 4.90 Å². The highest BCUT2D eigenvalue weighted by molar-refractivity contribution is 9.10. The Morgan fingerprint density at radius 3 is 2.67 bits per heavy atom. The Bertz CT molecular complexity index is 725. The van der Waals surface area contributed by atoms with E-state index in [-0.39, 0.29) is 13.2 Å². The molecule has 0 spiro atoms. The molecule has 1 amide bonds. The van der Waals surface area contributed by atoms with Crippen LogP contribution in [0.5, 0.6) is 0 Å². The van der Waals surface area contributed by atoms with Gasteiger partial charge in [0.25, 0.3) is 5.91 Å². The normalized spacial score (nSPS) is 10.1. The van der Waals surface area contributed by atoms with Crippen molar-refractivity contribution in [2.24, 2.45) is 0 Å². The molecule has 1 aromatic carbocycles. The summed E-state index contributed by atoms with van der Waals surface area (Å²) in [6.07, 6.45) is 3.16. The molecule has 2 aromatic rings. The molecule has 1 aromatic heterocycles. The largest absolute Gasteiger partial charge is 0.454 e. The van der Waals surface area contributed by atoms with Crippen molar-refractivity contribution in [2.75, 3.05) is 30.4 Å². The Balaban J connectivity index is 1.80. The molecule has 0 saturated heterocycles. The number of nitrogens with zero attached hydrogens (tertiary/aromatic N) is 3. The molecule has 1 heterocycles. The molecule has 0 aliphatic carbocycles. The fourth-order valence-electron chi connectivity index (χ4n) is 1.85. The fraction of sp³-hybridized carbons (Fsp3) is 0.250. The summed E-state index contributed by atoms with van der Waals surface area (Å²) in [5.41, 5.74) is 1.69. The van der Waals surface area contributed by atoms with E-state index >= 15 is 0 Å². The Labute approximate surface area is 148 Å². The number of nitrogens with one attached hydrogen (secondary N) is 1. The van der Waals surface area contributed by atoms with Crippen LogP contribution in [0, 0.1) is 6.92 Å². The fourth-order valence-corrected chi connectivity index (χ4v) is 2.44. The molecule has 126 valence electrons. The van der Waals surface area contributed by atoms with Gasteiger partial charge in [-0.1, -0.05) is 6.07 Å². The maximum atomic E-state index is 11.9. The second-order valence-corrected chi connectivity index (χ2v) is 5.95. The van der Waals surface area contributed by atoms with Crippen LogP contribution in [0.25, 0.3) is 0 Å². The second kappa shape index (κ2) is 8.39. The van der Waals surface area contributed by atoms with Crippen LogP contribution in [0.1, 0.15) is 5.56 Å². The van der Waals surface area contributed by atoms with Crippen LogP contribution >= 0.6 is 15.9 Å². The van der Waals surface area contributed by atoms with Gasteiger partial charge >= 0.3 is 5.97 Å². The molecule has 0 bridgehead atoms. The van der Waals surface area contributed by atoms with E-state index in [0.717, 1.165) is 10.0 Å². The molecule has 1 N–H and O–H groups in total. The van der Waals surface area contributed by atoms with Gasteiger partial charge in [0.1, 0.15) is 6.54 Å². The third kappa shape index (κ3) is 5.31. The molecule has 7 nitrogen and oxygen atoms in total. The molecule has 8 heteroatoms. The van der Waals surface area contributed by atoms with Crippen molar-refractivity contribution >= 4 is 39.4 Å². The van der Waals surface area contributed by atoms with Gasteiger partial charge in [-0.05, 0) is 46.6 Å². The lowest BCUT2D eigenvalue weighted by Crippen LogP contribution is -2.30. The van der Waals surface area contributed by atoms with Crippen LogP contribution in [0.15, 0.2) is 41.1 Å². The second-order valence-electron chi connectivity index (χ2n) is 5.10. The maximum absolute atomic E-state index is 11.9. The highest BCUT2D eigenvalue weighted by atomic mass is 79.9. The average Bonchev–Trinajstić information content (AvgIpc) is 2.56. The predicted molar refractivity (Wildman–Crippen MR) is 93.8 cm³/mol. The van der Waals surface area contributed by atoms with Gasteiger partial charge in [0.2, 0.25) is 5.95 Å². The van der Waals surface area contributed by atoms with Crippen molar-refractivity contribution in [3.8, 4) is 0 Å². The van der Waals surface area contributed by atoms with Gasteiger partial charge in [0.05, 0.1) is 5.69 Å². The zero-order chi connectivity index (χ0) is 17.5. The van der Waals surface area contributed by atoms with Crippen LogP contribution in [0.4, 0.5) is 11.6 Å². The number of rotatable bonds is 6. The number of aryl methyl sites for hydroxylation is 1. The first-order valence-electron chi connectivity index (χ1n) is 7.15. The van der Waals surface area contributed by atoms with E-state index < -0.39 is 11.9 Å². The van der Waals surface area contributed by atoms with Crippen LogP contribution in [0.2, 0.25) is 0 Å². The summed E-state index contributed by atoms with van der Waals surface area (Å²) in [4.78, 5) is 33.2. The van der Waals surface area contributed by atoms with Gasteiger partial charge in [-0.25, -0.2) is 9.97 Å². The van der Waals surface area contributed by atoms with Crippen molar-refractivity contribution < 1.29 is 14.3 Å². The van der Waals surface area contributed by atoms with Crippen molar-refractivity contribution in [1.29, 1.82) is 0 Å². The highest BCUT2D eigenvalue weighted by Crippen LogP contribution is 2.23. The van der Waals surface area contributed by atoms with Gasteiger partial charge in [-0.15, -0.1) is 0 Å². The van der Waals surface area contributed by atoms with E-state index in [9.17, 15) is 9.59 Å². The van der Waals surface area contributed by atoms with Gasteiger partial charge in [0, 0.05) is 23.9 Å². The minimum absolute atomic E-state index is 0.0501. The number of esters is 1. The number of benzene rings is 1. The third-order valence-corrected chi connectivity index (χ3v) is 3.68. The summed E-state index contributed by atoms with van der Waals surface area (Å²) in [6.45, 7) is 1.54. The first-order chi connectivity index (χ1) is 11.5. The van der Waals surface area contributed by atoms with E-state index in [1.807, 2.05) is 19.1 Å². The molecular weight excluding hydrogens is 376 g/mol. The van der Waals surface area contributed by atoms with E-state index in [1.54, 1.807) is 31.6 Å². The number of hydrogen-bond acceptors (Lipinski definition) is 6. The monoisotopic (exact) mass is 392 g/mol. The minimum atomic E-state index is -0.539. The van der Waals surface area contributed by atoms with Crippen molar-refractivity contribution in [3.05, 3.63) is 46.7 Å². The van der Waals surface area contributed by atoms with Gasteiger partial charge in [0.15, 0.2) is 6.61 Å². The Kier molecular flexibility index (Phi) is 6.25. The van der Waals surface area contributed by atoms with Crippen molar-refractivity contribution in [3.63, 3.8) is 0 Å². The van der Waals surface area contributed by atoms with E-state index in [4.69, 9.17) is 4.74 Å². The smallest absolute Gasteiger partial charge is 0.326 e. The molecule has 2 rings (SSSR count). The number of halogens is 1. The third-order valence-electron chi connectivity index (χ3n) is 3.02. The average molecular weight is 393 g/mol. The zero-order valence-electron chi connectivity index (χ0n) is 13.3. The lowest BCUT2D eigenvalue weighted by molar-refractivity contribution is -0.145. The number of hydrogen-bond donors (Lipinski definition) is 1. The first kappa shape index (κ1) is 17.9. The molecule has 0 radical (unpaired) electrons. The summed E-state index contributed by atoms with van der Waals surface area (Å²) >= 11 is 3.37. The number of ether oxygens (including phenoxy) is 1. The number of carbonyl (C=O) groups excluding carboxylic acids is 2. The lowest BCUT2D eigenvalue weighted by Gasteiger charge is -2.15. The molecule has 0 aliphatic rings. The van der Waals surface area contributed by atoms with Crippen LogP contribution in [-0.4, -0.2) is 42.0 Å². The summed E-state index contributed by atoms with van der Waals surface area (Å²) < 4.78 is 5.74. The summed E-state index contributed by atoms with van der Waals surface area (Å²) in [6, 6.07) is 7.22. The molecule has 0 atom stereocenters. The van der Waals surface area contributed by atoms with Gasteiger partial charge in [-0.3, -0.25) is 9.59 Å². The van der Waals surface area contributed by atoms with E-state index in [2.05, 4.69) is 31.2 Å². The Morgan fingerprint density at radius 2 is 2.00 bits per heavy atom. The minimum Gasteiger partial charge on any atom is -0.454 e. The molecule has 0 unspecified atom stereocenters. The SMILES string of the molecule is Cc1ccc(NC(=O)COC(=O)CN(C)c2ncccn2)c(Br)c1. The van der Waals surface area contributed by atoms with Crippen molar-refractivity contribution in [2.45, 2.75) is 6.92 Å². The van der Waals surface area contributed by atoms with E-state index in [0.29, 0.717) is 11.6 Å². The van der Waals surface area contributed by atoms with Gasteiger partial charge < -0.3 is 15.0 Å². The standard InChI is InChI=1S/C16H17BrN4O3/c1-11-4-5-13(12(17)8-11)20-14(22)10-24-15(23)9-21(2)16-18-6-3-7-19-16/h3-8H,9-10H2,1-2H3,(H,20,22). The predicted octanol–water partition coefficient (Wildman–Crippen LogP) is 2.17. The number of amides is 1. The zero-order valence-corrected chi connectivity index (χ0v) is 14.9. The number of carbonyl (C=O) groups is 2. The highest BCUT2D eigenvalue weighted by Gasteiger charge is 2.13. The number of anilines is 2. The summed E-state index contributed by atoms with van der Waals surface area (Å²) in [7, 11) is 1.67. The molecule has 0 fully saturated rings. The van der Waals surface area contributed by atoms with Crippen LogP contribution in [0.3, 0.4) is 0 Å².